The van der Waals surface area contributed by atoms with Crippen molar-refractivity contribution in [1.29, 1.82) is 0 Å². The number of hydrogen-bond acceptors (Lipinski definition) is 4. The van der Waals surface area contributed by atoms with Gasteiger partial charge in [-0.15, -0.1) is 11.6 Å². The molecule has 2 rings (SSSR count). The predicted octanol–water partition coefficient (Wildman–Crippen LogP) is 4.06. The number of hydrogen-bond donors (Lipinski definition) is 0. The minimum Gasteiger partial charge on any atom is -0.494 e. The zero-order chi connectivity index (χ0) is 13.7. The lowest BCUT2D eigenvalue weighted by Crippen LogP contribution is -1.96. The maximum atomic E-state index is 5.93. The van der Waals surface area contributed by atoms with Crippen molar-refractivity contribution in [3.63, 3.8) is 0 Å². The number of aromatic nitrogens is 2. The van der Waals surface area contributed by atoms with E-state index in [0.29, 0.717) is 29.0 Å². The highest BCUT2D eigenvalue weighted by Crippen LogP contribution is 2.28. The lowest BCUT2D eigenvalue weighted by molar-refractivity contribution is 0.339. The Kier molecular flexibility index (Phi) is 4.82. The normalized spacial score (nSPS) is 10.3. The van der Waals surface area contributed by atoms with Crippen LogP contribution in [0.1, 0.15) is 12.5 Å². The number of halogens is 2. The molecule has 1 aromatic carbocycles. The molecule has 19 heavy (non-hydrogen) atoms. The molecule has 0 N–H and O–H groups in total. The summed E-state index contributed by atoms with van der Waals surface area (Å²) in [6.45, 7) is 2.55. The summed E-state index contributed by atoms with van der Waals surface area (Å²) >= 11 is 11.7. The minimum absolute atomic E-state index is 0.187. The Labute approximate surface area is 121 Å². The predicted molar refractivity (Wildman–Crippen MR) is 74.3 cm³/mol. The fourth-order valence-electron chi connectivity index (χ4n) is 1.46. The van der Waals surface area contributed by atoms with Gasteiger partial charge in [0.2, 0.25) is 5.88 Å². The topological polar surface area (TPSA) is 44.2 Å². The Morgan fingerprint density at radius 1 is 1.11 bits per heavy atom. The fourth-order valence-corrected chi connectivity index (χ4v) is 1.96. The van der Waals surface area contributed by atoms with Crippen LogP contribution in [0.5, 0.6) is 17.4 Å². The Morgan fingerprint density at radius 3 is 2.42 bits per heavy atom. The van der Waals surface area contributed by atoms with Crippen molar-refractivity contribution < 1.29 is 9.47 Å². The molecule has 0 amide bonds. The van der Waals surface area contributed by atoms with E-state index in [1.165, 1.54) is 6.33 Å². The zero-order valence-corrected chi connectivity index (χ0v) is 11.8. The van der Waals surface area contributed by atoms with Crippen molar-refractivity contribution >= 4 is 23.2 Å². The SMILES string of the molecule is CCOc1ccc(Oc2ncnc(Cl)c2CCl)cc1. The summed E-state index contributed by atoms with van der Waals surface area (Å²) in [6.07, 6.45) is 1.34. The second-order valence-corrected chi connectivity index (χ2v) is 4.21. The summed E-state index contributed by atoms with van der Waals surface area (Å²) in [4.78, 5) is 7.89. The van der Waals surface area contributed by atoms with Gasteiger partial charge in [-0.3, -0.25) is 0 Å². The van der Waals surface area contributed by atoms with E-state index in [4.69, 9.17) is 32.7 Å². The minimum atomic E-state index is 0.187. The summed E-state index contributed by atoms with van der Waals surface area (Å²) in [5.41, 5.74) is 0.569. The van der Waals surface area contributed by atoms with Crippen LogP contribution >= 0.6 is 23.2 Å². The lowest BCUT2D eigenvalue weighted by Gasteiger charge is -2.09. The Bertz CT molecular complexity index is 547. The monoisotopic (exact) mass is 298 g/mol. The van der Waals surface area contributed by atoms with Gasteiger partial charge in [0.25, 0.3) is 0 Å². The second kappa shape index (κ2) is 6.59. The molecular formula is C13H12Cl2N2O2. The average molecular weight is 299 g/mol. The first-order chi connectivity index (χ1) is 9.24. The van der Waals surface area contributed by atoms with Crippen molar-refractivity contribution in [1.82, 2.24) is 9.97 Å². The van der Waals surface area contributed by atoms with Gasteiger partial charge in [0.1, 0.15) is 23.0 Å². The van der Waals surface area contributed by atoms with E-state index in [2.05, 4.69) is 9.97 Å². The molecule has 0 radical (unpaired) electrons. The van der Waals surface area contributed by atoms with Gasteiger partial charge >= 0.3 is 0 Å². The van der Waals surface area contributed by atoms with Gasteiger partial charge < -0.3 is 9.47 Å². The Hall–Kier alpha value is -1.52. The Morgan fingerprint density at radius 2 is 1.79 bits per heavy atom. The van der Waals surface area contributed by atoms with E-state index < -0.39 is 0 Å². The third-order valence-electron chi connectivity index (χ3n) is 2.34. The van der Waals surface area contributed by atoms with Gasteiger partial charge in [0.05, 0.1) is 18.1 Å². The van der Waals surface area contributed by atoms with Gasteiger partial charge in [-0.1, -0.05) is 11.6 Å². The molecule has 2 aromatic rings. The van der Waals surface area contributed by atoms with Crippen LogP contribution in [0.2, 0.25) is 5.15 Å². The molecule has 100 valence electrons. The third-order valence-corrected chi connectivity index (χ3v) is 2.93. The quantitative estimate of drug-likeness (QED) is 0.617. The molecule has 0 unspecified atom stereocenters. The third kappa shape index (κ3) is 3.49. The van der Waals surface area contributed by atoms with Gasteiger partial charge in [-0.25, -0.2) is 9.97 Å². The molecular weight excluding hydrogens is 287 g/mol. The standard InChI is InChI=1S/C13H12Cl2N2O2/c1-2-18-9-3-5-10(6-4-9)19-13-11(7-14)12(15)16-8-17-13/h3-6,8H,2,7H2,1H3. The van der Waals surface area contributed by atoms with Crippen molar-refractivity contribution in [2.24, 2.45) is 0 Å². The highest BCUT2D eigenvalue weighted by Gasteiger charge is 2.11. The first kappa shape index (κ1) is 13.9. The summed E-state index contributed by atoms with van der Waals surface area (Å²) < 4.78 is 11.0. The molecule has 0 aliphatic carbocycles. The van der Waals surface area contributed by atoms with Crippen LogP contribution < -0.4 is 9.47 Å². The van der Waals surface area contributed by atoms with E-state index in [1.807, 2.05) is 19.1 Å². The number of alkyl halides is 1. The summed E-state index contributed by atoms with van der Waals surface area (Å²) in [5, 5.41) is 0.297. The first-order valence-corrected chi connectivity index (χ1v) is 6.62. The van der Waals surface area contributed by atoms with Crippen LogP contribution in [0.4, 0.5) is 0 Å². The van der Waals surface area contributed by atoms with E-state index in [1.54, 1.807) is 12.1 Å². The molecule has 0 atom stereocenters. The molecule has 0 aliphatic rings. The van der Waals surface area contributed by atoms with Crippen molar-refractivity contribution in [3.05, 3.63) is 41.3 Å². The maximum absolute atomic E-state index is 5.93. The highest BCUT2D eigenvalue weighted by molar-refractivity contribution is 6.31. The van der Waals surface area contributed by atoms with Crippen LogP contribution in [-0.2, 0) is 5.88 Å². The fraction of sp³-hybridized carbons (Fsp3) is 0.231. The molecule has 1 heterocycles. The average Bonchev–Trinajstić information content (AvgIpc) is 2.42. The number of rotatable bonds is 5. The smallest absolute Gasteiger partial charge is 0.228 e. The van der Waals surface area contributed by atoms with Gasteiger partial charge in [0, 0.05) is 0 Å². The molecule has 0 bridgehead atoms. The highest BCUT2D eigenvalue weighted by atomic mass is 35.5. The zero-order valence-electron chi connectivity index (χ0n) is 10.3. The molecule has 0 saturated carbocycles. The molecule has 4 nitrogen and oxygen atoms in total. The van der Waals surface area contributed by atoms with Crippen LogP contribution in [0.3, 0.4) is 0 Å². The van der Waals surface area contributed by atoms with Crippen LogP contribution in [0, 0.1) is 0 Å². The molecule has 0 spiro atoms. The number of benzene rings is 1. The maximum Gasteiger partial charge on any atom is 0.228 e. The summed E-state index contributed by atoms with van der Waals surface area (Å²) in [5.74, 6) is 1.96. The van der Waals surface area contributed by atoms with Crippen LogP contribution in [0.15, 0.2) is 30.6 Å². The number of nitrogens with zero attached hydrogens (tertiary/aromatic N) is 2. The van der Waals surface area contributed by atoms with Crippen LogP contribution in [0.25, 0.3) is 0 Å². The van der Waals surface area contributed by atoms with E-state index >= 15 is 0 Å². The van der Waals surface area contributed by atoms with E-state index in [-0.39, 0.29) is 5.88 Å². The van der Waals surface area contributed by atoms with Gasteiger partial charge in [0.15, 0.2) is 0 Å². The van der Waals surface area contributed by atoms with Crippen molar-refractivity contribution in [2.75, 3.05) is 6.61 Å². The largest absolute Gasteiger partial charge is 0.494 e. The molecule has 6 heteroatoms. The Balaban J connectivity index is 2.19. The van der Waals surface area contributed by atoms with Crippen molar-refractivity contribution in [3.8, 4) is 17.4 Å². The van der Waals surface area contributed by atoms with E-state index in [0.717, 1.165) is 5.75 Å². The van der Waals surface area contributed by atoms with Crippen molar-refractivity contribution in [2.45, 2.75) is 12.8 Å². The molecule has 0 saturated heterocycles. The number of ether oxygens (including phenoxy) is 2. The van der Waals surface area contributed by atoms with E-state index in [9.17, 15) is 0 Å². The lowest BCUT2D eigenvalue weighted by atomic mass is 10.3. The van der Waals surface area contributed by atoms with Gasteiger partial charge in [-0.2, -0.15) is 0 Å². The summed E-state index contributed by atoms with van der Waals surface area (Å²) in [6, 6.07) is 7.22. The molecule has 0 fully saturated rings. The molecule has 0 aliphatic heterocycles. The van der Waals surface area contributed by atoms with Crippen LogP contribution in [-0.4, -0.2) is 16.6 Å². The second-order valence-electron chi connectivity index (χ2n) is 3.59. The first-order valence-electron chi connectivity index (χ1n) is 5.70. The summed E-state index contributed by atoms with van der Waals surface area (Å²) in [7, 11) is 0. The molecule has 1 aromatic heterocycles. The van der Waals surface area contributed by atoms with Gasteiger partial charge in [-0.05, 0) is 31.2 Å².